The lowest BCUT2D eigenvalue weighted by Crippen LogP contribution is -2.32. The molecule has 0 bridgehead atoms. The highest BCUT2D eigenvalue weighted by molar-refractivity contribution is 5.98. The fourth-order valence-corrected chi connectivity index (χ4v) is 3.67. The van der Waals surface area contributed by atoms with Crippen LogP contribution >= 0.6 is 0 Å². The molecule has 2 atom stereocenters. The number of aromatic nitrogens is 1. The van der Waals surface area contributed by atoms with Crippen LogP contribution in [0.2, 0.25) is 0 Å². The minimum atomic E-state index is 0.150. The maximum absolute atomic E-state index is 12.7. The fraction of sp³-hybridized carbons (Fsp3) is 0.333. The smallest absolute Gasteiger partial charge is 0.231 e. The molecule has 112 valence electrons. The molecule has 4 rings (SSSR count). The van der Waals surface area contributed by atoms with Gasteiger partial charge in [-0.3, -0.25) is 14.7 Å². The molecule has 2 aliphatic rings. The second kappa shape index (κ2) is 5.54. The molecule has 0 radical (unpaired) electrons. The van der Waals surface area contributed by atoms with Gasteiger partial charge in [-0.05, 0) is 23.8 Å². The van der Waals surface area contributed by atoms with E-state index in [2.05, 4.69) is 16.0 Å². The highest BCUT2D eigenvalue weighted by Crippen LogP contribution is 2.35. The van der Waals surface area contributed by atoms with Crippen molar-refractivity contribution in [3.63, 3.8) is 0 Å². The van der Waals surface area contributed by atoms with E-state index in [4.69, 9.17) is 0 Å². The van der Waals surface area contributed by atoms with Gasteiger partial charge in [-0.1, -0.05) is 24.3 Å². The Morgan fingerprint density at radius 1 is 1.05 bits per heavy atom. The molecule has 1 aromatic heterocycles. The van der Waals surface area contributed by atoms with E-state index in [0.717, 1.165) is 31.9 Å². The van der Waals surface area contributed by atoms with Crippen LogP contribution in [0.25, 0.3) is 0 Å². The second-order valence-electron chi connectivity index (χ2n) is 6.21. The average Bonchev–Trinajstić information content (AvgIpc) is 3.08. The van der Waals surface area contributed by atoms with Crippen LogP contribution in [-0.4, -0.2) is 35.4 Å². The number of benzene rings is 1. The minimum Gasteiger partial charge on any atom is -0.312 e. The van der Waals surface area contributed by atoms with Crippen LogP contribution in [0.4, 0.5) is 5.69 Å². The first kappa shape index (κ1) is 13.5. The summed E-state index contributed by atoms with van der Waals surface area (Å²) in [5.74, 6) is 0.881. The Morgan fingerprint density at radius 3 is 2.64 bits per heavy atom. The van der Waals surface area contributed by atoms with Gasteiger partial charge in [-0.2, -0.15) is 0 Å². The van der Waals surface area contributed by atoms with E-state index in [1.54, 1.807) is 6.20 Å². The van der Waals surface area contributed by atoms with Crippen molar-refractivity contribution in [2.24, 2.45) is 11.8 Å². The standard InChI is InChI=1S/C18H19N3O/c22-18-17-13-20(10-14-5-4-8-19-9-14)11-15(17)12-21(18)16-6-2-1-3-7-16/h1-9,15,17H,10-13H2/t15-,17-/m0/s1. The van der Waals surface area contributed by atoms with Crippen LogP contribution in [0, 0.1) is 11.8 Å². The summed E-state index contributed by atoms with van der Waals surface area (Å²) in [5.41, 5.74) is 2.25. The number of carbonyl (C=O) groups is 1. The molecule has 4 heteroatoms. The van der Waals surface area contributed by atoms with Crippen LogP contribution in [0.1, 0.15) is 5.56 Å². The molecule has 2 saturated heterocycles. The van der Waals surface area contributed by atoms with Crippen LogP contribution < -0.4 is 4.90 Å². The van der Waals surface area contributed by atoms with Crippen molar-refractivity contribution in [1.82, 2.24) is 9.88 Å². The highest BCUT2D eigenvalue weighted by atomic mass is 16.2. The zero-order valence-corrected chi connectivity index (χ0v) is 12.4. The summed E-state index contributed by atoms with van der Waals surface area (Å²) in [6.07, 6.45) is 3.70. The maximum Gasteiger partial charge on any atom is 0.231 e. The lowest BCUT2D eigenvalue weighted by molar-refractivity contribution is -0.120. The minimum absolute atomic E-state index is 0.150. The summed E-state index contributed by atoms with van der Waals surface area (Å²) < 4.78 is 0. The topological polar surface area (TPSA) is 36.4 Å². The summed E-state index contributed by atoms with van der Waals surface area (Å²) in [7, 11) is 0. The van der Waals surface area contributed by atoms with Crippen molar-refractivity contribution < 1.29 is 4.79 Å². The Labute approximate surface area is 130 Å². The quantitative estimate of drug-likeness (QED) is 0.870. The number of para-hydroxylation sites is 1. The van der Waals surface area contributed by atoms with Crippen LogP contribution in [0.3, 0.4) is 0 Å². The zero-order valence-electron chi connectivity index (χ0n) is 12.4. The lowest BCUT2D eigenvalue weighted by Gasteiger charge is -2.21. The molecule has 22 heavy (non-hydrogen) atoms. The molecule has 0 spiro atoms. The molecule has 1 aromatic carbocycles. The number of pyridine rings is 1. The van der Waals surface area contributed by atoms with E-state index in [9.17, 15) is 4.79 Å². The third-order valence-corrected chi connectivity index (χ3v) is 4.71. The van der Waals surface area contributed by atoms with Gasteiger partial charge in [-0.25, -0.2) is 0 Å². The maximum atomic E-state index is 12.7. The molecular formula is C18H19N3O. The van der Waals surface area contributed by atoms with Gasteiger partial charge in [-0.15, -0.1) is 0 Å². The molecule has 4 nitrogen and oxygen atoms in total. The molecule has 3 heterocycles. The molecule has 2 fully saturated rings. The van der Waals surface area contributed by atoms with Gasteiger partial charge in [0.25, 0.3) is 0 Å². The SMILES string of the molecule is O=C1[C@H]2CN(Cc3cccnc3)C[C@H]2CN1c1ccccc1. The molecule has 2 aliphatic heterocycles. The predicted molar refractivity (Wildman–Crippen MR) is 85.3 cm³/mol. The van der Waals surface area contributed by atoms with Crippen molar-refractivity contribution in [1.29, 1.82) is 0 Å². The first-order valence-corrected chi connectivity index (χ1v) is 7.79. The Kier molecular flexibility index (Phi) is 3.39. The Balaban J connectivity index is 1.44. The fourth-order valence-electron chi connectivity index (χ4n) is 3.67. The van der Waals surface area contributed by atoms with Gasteiger partial charge in [0.1, 0.15) is 0 Å². The van der Waals surface area contributed by atoms with Crippen LogP contribution in [0.5, 0.6) is 0 Å². The third-order valence-electron chi connectivity index (χ3n) is 4.71. The zero-order chi connectivity index (χ0) is 14.9. The third kappa shape index (κ3) is 2.40. The monoisotopic (exact) mass is 293 g/mol. The van der Waals surface area contributed by atoms with E-state index < -0.39 is 0 Å². The van der Waals surface area contributed by atoms with E-state index >= 15 is 0 Å². The number of nitrogens with zero attached hydrogens (tertiary/aromatic N) is 3. The summed E-state index contributed by atoms with van der Waals surface area (Å²) in [6.45, 7) is 3.59. The average molecular weight is 293 g/mol. The van der Waals surface area contributed by atoms with Crippen molar-refractivity contribution in [3.05, 3.63) is 60.4 Å². The summed E-state index contributed by atoms with van der Waals surface area (Å²) in [4.78, 5) is 21.2. The highest BCUT2D eigenvalue weighted by Gasteiger charge is 2.46. The van der Waals surface area contributed by atoms with E-state index in [-0.39, 0.29) is 11.8 Å². The number of rotatable bonds is 3. The predicted octanol–water partition coefficient (Wildman–Crippen LogP) is 2.18. The van der Waals surface area contributed by atoms with Crippen molar-refractivity contribution in [3.8, 4) is 0 Å². The lowest BCUT2D eigenvalue weighted by atomic mass is 10.0. The van der Waals surface area contributed by atoms with Gasteiger partial charge in [0.15, 0.2) is 0 Å². The number of hydrogen-bond donors (Lipinski definition) is 0. The van der Waals surface area contributed by atoms with Gasteiger partial charge in [0.05, 0.1) is 5.92 Å². The molecule has 0 aliphatic carbocycles. The van der Waals surface area contributed by atoms with Gasteiger partial charge in [0.2, 0.25) is 5.91 Å². The Hall–Kier alpha value is -2.20. The number of amides is 1. The van der Waals surface area contributed by atoms with E-state index in [0.29, 0.717) is 5.92 Å². The normalized spacial score (nSPS) is 24.7. The van der Waals surface area contributed by atoms with Crippen LogP contribution in [0.15, 0.2) is 54.9 Å². The van der Waals surface area contributed by atoms with E-state index in [1.165, 1.54) is 5.56 Å². The number of hydrogen-bond acceptors (Lipinski definition) is 3. The largest absolute Gasteiger partial charge is 0.312 e. The molecule has 0 saturated carbocycles. The summed E-state index contributed by atoms with van der Waals surface area (Å²) in [5, 5.41) is 0. The molecule has 2 aromatic rings. The Bertz CT molecular complexity index is 659. The van der Waals surface area contributed by atoms with Crippen molar-refractivity contribution in [2.75, 3.05) is 24.5 Å². The number of carbonyl (C=O) groups excluding carboxylic acids is 1. The number of likely N-dealkylation sites (tertiary alicyclic amines) is 1. The van der Waals surface area contributed by atoms with Gasteiger partial charge < -0.3 is 4.90 Å². The van der Waals surface area contributed by atoms with Crippen LogP contribution in [-0.2, 0) is 11.3 Å². The first-order valence-electron chi connectivity index (χ1n) is 7.79. The number of anilines is 1. The molecular weight excluding hydrogens is 274 g/mol. The van der Waals surface area contributed by atoms with Crippen molar-refractivity contribution >= 4 is 11.6 Å². The number of fused-ring (bicyclic) bond motifs is 1. The molecule has 0 unspecified atom stereocenters. The van der Waals surface area contributed by atoms with E-state index in [1.807, 2.05) is 47.5 Å². The molecule has 1 amide bonds. The molecule has 0 N–H and O–H groups in total. The summed E-state index contributed by atoms with van der Waals surface area (Å²) >= 11 is 0. The Morgan fingerprint density at radius 2 is 1.91 bits per heavy atom. The van der Waals surface area contributed by atoms with Crippen molar-refractivity contribution in [2.45, 2.75) is 6.54 Å². The second-order valence-corrected chi connectivity index (χ2v) is 6.21. The van der Waals surface area contributed by atoms with Gasteiger partial charge in [0, 0.05) is 50.2 Å². The first-order chi connectivity index (χ1) is 10.8. The summed E-state index contributed by atoms with van der Waals surface area (Å²) in [6, 6.07) is 14.1. The van der Waals surface area contributed by atoms with Gasteiger partial charge >= 0.3 is 0 Å².